The monoisotopic (exact) mass is 374 g/mol. The van der Waals surface area contributed by atoms with Gasteiger partial charge in [-0.25, -0.2) is 9.18 Å². The molecule has 0 aliphatic carbocycles. The maximum atomic E-state index is 14.3. The van der Waals surface area contributed by atoms with Gasteiger partial charge in [0.25, 0.3) is 0 Å². The molecule has 5 nitrogen and oxygen atoms in total. The maximum absolute atomic E-state index is 14.3. The van der Waals surface area contributed by atoms with Gasteiger partial charge >= 0.3 is 6.09 Å². The van der Waals surface area contributed by atoms with Crippen LogP contribution in [0, 0.1) is 11.7 Å². The van der Waals surface area contributed by atoms with E-state index < -0.39 is 5.60 Å². The van der Waals surface area contributed by atoms with E-state index in [9.17, 15) is 9.18 Å². The van der Waals surface area contributed by atoms with Gasteiger partial charge in [-0.05, 0) is 63.8 Å². The summed E-state index contributed by atoms with van der Waals surface area (Å²) in [5.74, 6) is 0.612. The van der Waals surface area contributed by atoms with Gasteiger partial charge in [0.15, 0.2) is 0 Å². The van der Waals surface area contributed by atoms with Gasteiger partial charge in [-0.2, -0.15) is 0 Å². The molecule has 6 heteroatoms. The van der Waals surface area contributed by atoms with Gasteiger partial charge in [0.1, 0.15) is 17.2 Å². The Morgan fingerprint density at radius 2 is 2.00 bits per heavy atom. The van der Waals surface area contributed by atoms with Gasteiger partial charge in [0, 0.05) is 25.3 Å². The van der Waals surface area contributed by atoms with Crippen molar-refractivity contribution in [3.63, 3.8) is 0 Å². The third-order valence-electron chi connectivity index (χ3n) is 4.63. The fourth-order valence-corrected chi connectivity index (χ4v) is 3.24. The molecule has 0 radical (unpaired) electrons. The van der Waals surface area contributed by atoms with Crippen molar-refractivity contribution in [1.29, 1.82) is 0 Å². The van der Waals surface area contributed by atoms with Crippen molar-refractivity contribution in [3.05, 3.63) is 42.4 Å². The number of furan rings is 1. The summed E-state index contributed by atoms with van der Waals surface area (Å²) in [7, 11) is 0. The van der Waals surface area contributed by atoms with Crippen LogP contribution < -0.4 is 5.32 Å². The second-order valence-electron chi connectivity index (χ2n) is 7.93. The Morgan fingerprint density at radius 3 is 2.63 bits per heavy atom. The third-order valence-corrected chi connectivity index (χ3v) is 4.63. The predicted molar refractivity (Wildman–Crippen MR) is 103 cm³/mol. The highest BCUT2D eigenvalue weighted by molar-refractivity contribution is 5.75. The first-order valence-electron chi connectivity index (χ1n) is 9.37. The highest BCUT2D eigenvalue weighted by Gasteiger charge is 2.27. The molecule has 1 aromatic heterocycles. The largest absolute Gasteiger partial charge is 0.464 e. The Morgan fingerprint density at radius 1 is 1.26 bits per heavy atom. The van der Waals surface area contributed by atoms with Crippen molar-refractivity contribution in [2.75, 3.05) is 25.0 Å². The van der Waals surface area contributed by atoms with Crippen LogP contribution in [0.4, 0.5) is 14.9 Å². The molecule has 0 atom stereocenters. The second-order valence-corrected chi connectivity index (χ2v) is 7.93. The number of carbonyl (C=O) groups excluding carboxylic acids is 1. The fourth-order valence-electron chi connectivity index (χ4n) is 3.24. The average Bonchev–Trinajstić information content (AvgIpc) is 3.13. The summed E-state index contributed by atoms with van der Waals surface area (Å²) in [6.45, 7) is 7.69. The molecule has 1 aromatic carbocycles. The Hall–Kier alpha value is -2.50. The molecule has 1 aliphatic rings. The second kappa shape index (κ2) is 8.03. The molecule has 0 spiro atoms. The number of nitrogens with one attached hydrogen (secondary N) is 1. The number of hydrogen-bond acceptors (Lipinski definition) is 4. The summed E-state index contributed by atoms with van der Waals surface area (Å²) >= 11 is 0. The number of piperidine rings is 1. The zero-order chi connectivity index (χ0) is 19.4. The first-order valence-corrected chi connectivity index (χ1v) is 9.37. The molecular formula is C21H27FN2O3. The molecule has 0 bridgehead atoms. The number of benzene rings is 1. The molecule has 2 heterocycles. The summed E-state index contributed by atoms with van der Waals surface area (Å²) < 4.78 is 25.1. The highest BCUT2D eigenvalue weighted by atomic mass is 19.1. The lowest BCUT2D eigenvalue weighted by atomic mass is 9.96. The Kier molecular flexibility index (Phi) is 5.73. The van der Waals surface area contributed by atoms with Crippen LogP contribution in [-0.4, -0.2) is 36.2 Å². The zero-order valence-electron chi connectivity index (χ0n) is 16.1. The van der Waals surface area contributed by atoms with E-state index in [1.54, 1.807) is 23.1 Å². The summed E-state index contributed by atoms with van der Waals surface area (Å²) in [6, 6.07) is 8.48. The summed E-state index contributed by atoms with van der Waals surface area (Å²) in [5, 5.41) is 3.36. The van der Waals surface area contributed by atoms with Crippen LogP contribution in [0.3, 0.4) is 0 Å². The van der Waals surface area contributed by atoms with Crippen LogP contribution in [-0.2, 0) is 4.74 Å². The number of carbonyl (C=O) groups is 1. The van der Waals surface area contributed by atoms with Crippen molar-refractivity contribution < 1.29 is 18.3 Å². The lowest BCUT2D eigenvalue weighted by Gasteiger charge is -2.33. The van der Waals surface area contributed by atoms with Crippen molar-refractivity contribution in [2.45, 2.75) is 39.2 Å². The maximum Gasteiger partial charge on any atom is 0.410 e. The molecule has 3 rings (SSSR count). The standard InChI is InChI=1S/C21H27FN2O3/c1-21(2,3)27-20(25)24-11-9-15(10-12-24)14-23-17-7-4-6-16(22)19(17)18-8-5-13-26-18/h4-8,13,15,23H,9-12,14H2,1-3H3. The smallest absolute Gasteiger partial charge is 0.410 e. The highest BCUT2D eigenvalue weighted by Crippen LogP contribution is 2.31. The number of amides is 1. The summed E-state index contributed by atoms with van der Waals surface area (Å²) in [4.78, 5) is 13.9. The van der Waals surface area contributed by atoms with Gasteiger partial charge in [0.05, 0.1) is 11.8 Å². The molecule has 1 amide bonds. The van der Waals surface area contributed by atoms with E-state index in [-0.39, 0.29) is 11.9 Å². The van der Waals surface area contributed by atoms with Crippen LogP contribution in [0.1, 0.15) is 33.6 Å². The minimum absolute atomic E-state index is 0.251. The van der Waals surface area contributed by atoms with E-state index in [1.165, 1.54) is 12.3 Å². The molecule has 2 aromatic rings. The van der Waals surface area contributed by atoms with Crippen molar-refractivity contribution in [2.24, 2.45) is 5.92 Å². The molecule has 1 N–H and O–H groups in total. The average molecular weight is 374 g/mol. The molecule has 1 saturated heterocycles. The molecule has 146 valence electrons. The van der Waals surface area contributed by atoms with Crippen LogP contribution in [0.2, 0.25) is 0 Å². The summed E-state index contributed by atoms with van der Waals surface area (Å²) in [6.07, 6.45) is 3.06. The van der Waals surface area contributed by atoms with Gasteiger partial charge in [-0.1, -0.05) is 6.07 Å². The van der Waals surface area contributed by atoms with E-state index in [4.69, 9.17) is 9.15 Å². The fraction of sp³-hybridized carbons (Fsp3) is 0.476. The normalized spacial score (nSPS) is 15.6. The number of halogens is 1. The van der Waals surface area contributed by atoms with Crippen molar-refractivity contribution >= 4 is 11.8 Å². The van der Waals surface area contributed by atoms with Gasteiger partial charge in [-0.3, -0.25) is 0 Å². The molecule has 1 fully saturated rings. The van der Waals surface area contributed by atoms with Crippen molar-refractivity contribution in [3.8, 4) is 11.3 Å². The quantitative estimate of drug-likeness (QED) is 0.805. The van der Waals surface area contributed by atoms with E-state index in [1.807, 2.05) is 26.8 Å². The van der Waals surface area contributed by atoms with Crippen LogP contribution in [0.5, 0.6) is 0 Å². The lowest BCUT2D eigenvalue weighted by Crippen LogP contribution is -2.42. The summed E-state index contributed by atoms with van der Waals surface area (Å²) in [5.41, 5.74) is 0.697. The van der Waals surface area contributed by atoms with E-state index in [0.717, 1.165) is 25.1 Å². The topological polar surface area (TPSA) is 54.7 Å². The van der Waals surface area contributed by atoms with E-state index in [0.29, 0.717) is 30.3 Å². The van der Waals surface area contributed by atoms with Crippen LogP contribution in [0.15, 0.2) is 41.0 Å². The van der Waals surface area contributed by atoms with Crippen LogP contribution >= 0.6 is 0 Å². The SMILES string of the molecule is CC(C)(C)OC(=O)N1CCC(CNc2cccc(F)c2-c2ccco2)CC1. The molecule has 1 aliphatic heterocycles. The molecular weight excluding hydrogens is 347 g/mol. The number of ether oxygens (including phenoxy) is 1. The van der Waals surface area contributed by atoms with Crippen molar-refractivity contribution in [1.82, 2.24) is 4.90 Å². The first kappa shape index (κ1) is 19.3. The zero-order valence-corrected chi connectivity index (χ0v) is 16.1. The number of rotatable bonds is 4. The number of nitrogens with zero attached hydrogens (tertiary/aromatic N) is 1. The Bertz CT molecular complexity index is 760. The van der Waals surface area contributed by atoms with Gasteiger partial charge in [0.2, 0.25) is 0 Å². The van der Waals surface area contributed by atoms with Gasteiger partial charge in [-0.15, -0.1) is 0 Å². The third kappa shape index (κ3) is 5.02. The number of hydrogen-bond donors (Lipinski definition) is 1. The first-order chi connectivity index (χ1) is 12.8. The minimum atomic E-state index is -0.477. The molecule has 27 heavy (non-hydrogen) atoms. The van der Waals surface area contributed by atoms with Gasteiger partial charge < -0.3 is 19.4 Å². The van der Waals surface area contributed by atoms with E-state index in [2.05, 4.69) is 5.32 Å². The van der Waals surface area contributed by atoms with E-state index >= 15 is 0 Å². The minimum Gasteiger partial charge on any atom is -0.464 e. The Labute approximate surface area is 159 Å². The van der Waals surface area contributed by atoms with Crippen LogP contribution in [0.25, 0.3) is 11.3 Å². The Balaban J connectivity index is 1.56. The number of likely N-dealkylation sites (tertiary alicyclic amines) is 1. The predicted octanol–water partition coefficient (Wildman–Crippen LogP) is 5.14. The molecule has 0 unspecified atom stereocenters. The number of anilines is 1. The lowest BCUT2D eigenvalue weighted by molar-refractivity contribution is 0.0188. The molecule has 0 saturated carbocycles.